The minimum absolute atomic E-state index is 0.386. The van der Waals surface area contributed by atoms with Crippen LogP contribution in [0.2, 0.25) is 0 Å². The minimum atomic E-state index is -1.17. The molecule has 0 radical (unpaired) electrons. The molecule has 0 fully saturated rings. The zero-order chi connectivity index (χ0) is 18.0. The largest absolute Gasteiger partial charge is 0.378 e. The second-order valence-electron chi connectivity index (χ2n) is 5.97. The van der Waals surface area contributed by atoms with Crippen molar-refractivity contribution in [2.24, 2.45) is 0 Å². The first-order chi connectivity index (χ1) is 11.9. The quantitative estimate of drug-likeness (QED) is 0.574. The lowest BCUT2D eigenvalue weighted by molar-refractivity contribution is 0.112. The van der Waals surface area contributed by atoms with Crippen molar-refractivity contribution < 1.29 is 9.90 Å². The third kappa shape index (κ3) is 3.40. The van der Waals surface area contributed by atoms with E-state index in [0.717, 1.165) is 5.69 Å². The van der Waals surface area contributed by atoms with Gasteiger partial charge in [0, 0.05) is 17.4 Å². The summed E-state index contributed by atoms with van der Waals surface area (Å²) in [6, 6.07) is 10.6. The Morgan fingerprint density at radius 3 is 2.60 bits per heavy atom. The number of nitrogens with zero attached hydrogens (tertiary/aromatic N) is 4. The van der Waals surface area contributed by atoms with Gasteiger partial charge in [-0.1, -0.05) is 5.92 Å². The zero-order valence-electron chi connectivity index (χ0n) is 13.7. The Morgan fingerprint density at radius 1 is 1.28 bits per heavy atom. The van der Waals surface area contributed by atoms with Gasteiger partial charge in [0.25, 0.3) is 0 Å². The first kappa shape index (κ1) is 16.4. The smallest absolute Gasteiger partial charge is 0.192 e. The summed E-state index contributed by atoms with van der Waals surface area (Å²) in [5, 5.41) is 18.8. The van der Waals surface area contributed by atoms with Crippen LogP contribution in [-0.4, -0.2) is 31.5 Å². The van der Waals surface area contributed by atoms with Crippen LogP contribution in [0.25, 0.3) is 16.9 Å². The molecule has 0 unspecified atom stereocenters. The Morgan fingerprint density at radius 2 is 2.00 bits per heavy atom. The predicted molar refractivity (Wildman–Crippen MR) is 92.1 cm³/mol. The Kier molecular flexibility index (Phi) is 4.06. The summed E-state index contributed by atoms with van der Waals surface area (Å²) in [5.41, 5.74) is 1.57. The molecule has 0 amide bonds. The van der Waals surface area contributed by atoms with Crippen LogP contribution in [0, 0.1) is 23.2 Å². The van der Waals surface area contributed by atoms with Gasteiger partial charge >= 0.3 is 0 Å². The van der Waals surface area contributed by atoms with E-state index in [1.165, 1.54) is 6.20 Å². The van der Waals surface area contributed by atoms with Crippen molar-refractivity contribution in [2.75, 3.05) is 0 Å². The number of carbonyl (C=O) groups excluding carboxylic acids is 1. The number of pyridine rings is 1. The highest BCUT2D eigenvalue weighted by molar-refractivity contribution is 5.83. The van der Waals surface area contributed by atoms with Crippen molar-refractivity contribution in [1.29, 1.82) is 5.26 Å². The average molecular weight is 330 g/mol. The molecular weight excluding hydrogens is 316 g/mol. The third-order valence-corrected chi connectivity index (χ3v) is 3.39. The Hall–Kier alpha value is -3.48. The summed E-state index contributed by atoms with van der Waals surface area (Å²) >= 11 is 0. The van der Waals surface area contributed by atoms with E-state index in [2.05, 4.69) is 27.9 Å². The van der Waals surface area contributed by atoms with Crippen LogP contribution in [0.4, 0.5) is 0 Å². The number of benzene rings is 1. The highest BCUT2D eigenvalue weighted by Crippen LogP contribution is 2.21. The van der Waals surface area contributed by atoms with E-state index < -0.39 is 5.60 Å². The summed E-state index contributed by atoms with van der Waals surface area (Å²) in [4.78, 5) is 19.7. The number of imidazole rings is 1. The lowest BCUT2D eigenvalue weighted by atomic mass is 10.1. The molecule has 0 bridgehead atoms. The second-order valence-corrected chi connectivity index (χ2v) is 5.97. The van der Waals surface area contributed by atoms with Crippen molar-refractivity contribution in [2.45, 2.75) is 19.4 Å². The molecule has 2 heterocycles. The van der Waals surface area contributed by atoms with Crippen molar-refractivity contribution in [3.63, 3.8) is 0 Å². The molecule has 0 aliphatic carbocycles. The van der Waals surface area contributed by atoms with Gasteiger partial charge in [-0.3, -0.25) is 9.36 Å². The van der Waals surface area contributed by atoms with Gasteiger partial charge in [0.2, 0.25) is 0 Å². The van der Waals surface area contributed by atoms with Crippen LogP contribution in [0.3, 0.4) is 0 Å². The highest BCUT2D eigenvalue weighted by atomic mass is 16.3. The lowest BCUT2D eigenvalue weighted by Crippen LogP contribution is -2.14. The van der Waals surface area contributed by atoms with Crippen molar-refractivity contribution >= 4 is 17.5 Å². The van der Waals surface area contributed by atoms with Crippen molar-refractivity contribution in [1.82, 2.24) is 14.5 Å². The van der Waals surface area contributed by atoms with E-state index in [4.69, 9.17) is 5.26 Å². The molecule has 0 atom stereocenters. The van der Waals surface area contributed by atoms with Gasteiger partial charge in [-0.15, -0.1) is 0 Å². The van der Waals surface area contributed by atoms with Gasteiger partial charge in [-0.05, 0) is 50.1 Å². The topological polar surface area (TPSA) is 91.8 Å². The molecule has 3 rings (SSSR count). The van der Waals surface area contributed by atoms with E-state index in [0.29, 0.717) is 34.4 Å². The number of aliphatic hydroxyl groups is 1. The van der Waals surface area contributed by atoms with E-state index in [1.54, 1.807) is 48.7 Å². The van der Waals surface area contributed by atoms with Crippen LogP contribution in [-0.2, 0) is 0 Å². The molecule has 3 aromatic rings. The van der Waals surface area contributed by atoms with Crippen molar-refractivity contribution in [3.8, 4) is 23.6 Å². The van der Waals surface area contributed by atoms with Crippen LogP contribution in [0.15, 0.2) is 36.5 Å². The molecule has 122 valence electrons. The fraction of sp³-hybridized carbons (Fsp3) is 0.158. The van der Waals surface area contributed by atoms with Gasteiger partial charge in [0.15, 0.2) is 17.8 Å². The molecule has 0 spiro atoms. The standard InChI is InChI=1S/C19H14N4O2/c1-19(2,25)8-7-17-22-16-9-14(12-24)11-21-18(16)23(17)15-5-3-13(10-20)4-6-15/h3-6,9,11-12,25H,1-2H3. The molecule has 0 saturated heterocycles. The van der Waals surface area contributed by atoms with Gasteiger partial charge in [0.05, 0.1) is 11.6 Å². The maximum Gasteiger partial charge on any atom is 0.192 e. The molecule has 0 saturated carbocycles. The monoisotopic (exact) mass is 330 g/mol. The predicted octanol–water partition coefficient (Wildman–Crippen LogP) is 2.23. The van der Waals surface area contributed by atoms with Gasteiger partial charge < -0.3 is 5.11 Å². The zero-order valence-corrected chi connectivity index (χ0v) is 13.7. The van der Waals surface area contributed by atoms with E-state index in [1.807, 2.05) is 0 Å². The Labute approximate surface area is 144 Å². The van der Waals surface area contributed by atoms with Crippen LogP contribution in [0.5, 0.6) is 0 Å². The minimum Gasteiger partial charge on any atom is -0.378 e. The summed E-state index contributed by atoms with van der Waals surface area (Å²) < 4.78 is 1.73. The van der Waals surface area contributed by atoms with E-state index >= 15 is 0 Å². The van der Waals surface area contributed by atoms with E-state index in [9.17, 15) is 9.90 Å². The molecule has 6 heteroatoms. The van der Waals surface area contributed by atoms with Crippen LogP contribution >= 0.6 is 0 Å². The number of hydrogen-bond acceptors (Lipinski definition) is 5. The maximum absolute atomic E-state index is 11.0. The number of aldehydes is 1. The third-order valence-electron chi connectivity index (χ3n) is 3.39. The Bertz CT molecular complexity index is 1060. The summed E-state index contributed by atoms with van der Waals surface area (Å²) in [6.07, 6.45) is 2.17. The van der Waals surface area contributed by atoms with E-state index in [-0.39, 0.29) is 0 Å². The fourth-order valence-corrected chi connectivity index (χ4v) is 2.27. The average Bonchev–Trinajstić information content (AvgIpc) is 2.97. The molecule has 1 N–H and O–H groups in total. The second kappa shape index (κ2) is 6.20. The van der Waals surface area contributed by atoms with Crippen LogP contribution < -0.4 is 0 Å². The van der Waals surface area contributed by atoms with Crippen LogP contribution in [0.1, 0.15) is 35.6 Å². The normalized spacial score (nSPS) is 10.8. The number of fused-ring (bicyclic) bond motifs is 1. The highest BCUT2D eigenvalue weighted by Gasteiger charge is 2.14. The number of hydrogen-bond donors (Lipinski definition) is 1. The first-order valence-corrected chi connectivity index (χ1v) is 7.51. The van der Waals surface area contributed by atoms with Gasteiger partial charge in [0.1, 0.15) is 11.1 Å². The first-order valence-electron chi connectivity index (χ1n) is 7.51. The fourth-order valence-electron chi connectivity index (χ4n) is 2.27. The number of carbonyl (C=O) groups is 1. The van der Waals surface area contributed by atoms with Gasteiger partial charge in [-0.2, -0.15) is 5.26 Å². The number of rotatable bonds is 2. The van der Waals surface area contributed by atoms with Gasteiger partial charge in [-0.25, -0.2) is 9.97 Å². The number of aromatic nitrogens is 3. The maximum atomic E-state index is 11.0. The molecule has 1 aromatic carbocycles. The summed E-state index contributed by atoms with van der Waals surface area (Å²) in [7, 11) is 0. The summed E-state index contributed by atoms with van der Waals surface area (Å²) in [6.45, 7) is 3.16. The molecule has 6 nitrogen and oxygen atoms in total. The molecule has 2 aromatic heterocycles. The number of nitriles is 1. The molecular formula is C19H14N4O2. The molecule has 25 heavy (non-hydrogen) atoms. The summed E-state index contributed by atoms with van der Waals surface area (Å²) in [5.74, 6) is 5.99. The Balaban J connectivity index is 2.26. The SMILES string of the molecule is CC(C)(O)C#Cc1nc2cc(C=O)cnc2n1-c1ccc(C#N)cc1. The molecule has 0 aliphatic heterocycles. The lowest BCUT2D eigenvalue weighted by Gasteiger charge is -2.07. The molecule has 0 aliphatic rings. The van der Waals surface area contributed by atoms with Crippen molar-refractivity contribution in [3.05, 3.63) is 53.5 Å².